The first kappa shape index (κ1) is 22.0. The zero-order valence-electron chi connectivity index (χ0n) is 15.7. The molecule has 0 unspecified atom stereocenters. The Morgan fingerprint density at radius 2 is 1.93 bits per heavy atom. The van der Waals surface area contributed by atoms with Crippen LogP contribution in [0, 0.1) is 11.3 Å². The van der Waals surface area contributed by atoms with Crippen LogP contribution < -0.4 is 15.4 Å². The predicted molar refractivity (Wildman–Crippen MR) is 121 cm³/mol. The smallest absolute Gasteiger partial charge is 0.129 e. The number of hydrogen-bond donors (Lipinski definition) is 1. The van der Waals surface area contributed by atoms with E-state index in [-0.39, 0.29) is 17.2 Å². The first-order valence-corrected chi connectivity index (χ1v) is 9.93. The lowest BCUT2D eigenvalue weighted by atomic mass is 10.1. The summed E-state index contributed by atoms with van der Waals surface area (Å²) in [5, 5.41) is 10.4. The summed E-state index contributed by atoms with van der Waals surface area (Å²) < 4.78 is 6.06. The number of halogens is 2. The number of hydrogen-bond acceptors (Lipinski definition) is 4. The van der Waals surface area contributed by atoms with Crippen molar-refractivity contribution in [2.45, 2.75) is 20.5 Å². The summed E-state index contributed by atoms with van der Waals surface area (Å²) in [6.07, 6.45) is 1.63. The minimum Gasteiger partial charge on any atom is -0.488 e. The molecule has 0 radical (unpaired) electrons. The van der Waals surface area contributed by atoms with E-state index >= 15 is 0 Å². The van der Waals surface area contributed by atoms with Crippen LogP contribution in [0.25, 0.3) is 6.08 Å². The molecule has 2 aromatic carbocycles. The molecule has 0 amide bonds. The molecular weight excluding hydrogens is 413 g/mol. The Morgan fingerprint density at radius 1 is 1.21 bits per heavy atom. The summed E-state index contributed by atoms with van der Waals surface area (Å²) in [6.45, 7) is 6.17. The second kappa shape index (κ2) is 10.3. The highest BCUT2D eigenvalue weighted by atomic mass is 35.5. The maximum Gasteiger partial charge on any atom is 0.129 e. The monoisotopic (exact) mass is 433 g/mol. The highest BCUT2D eigenvalue weighted by Gasteiger charge is 2.11. The summed E-state index contributed by atoms with van der Waals surface area (Å²) in [6, 6.07) is 13.1. The molecule has 146 valence electrons. The topological polar surface area (TPSA) is 62.3 Å². The molecule has 0 saturated carbocycles. The largest absolute Gasteiger partial charge is 0.488 e. The van der Waals surface area contributed by atoms with Crippen LogP contribution in [0.15, 0.2) is 42.0 Å². The van der Waals surface area contributed by atoms with Gasteiger partial charge in [-0.25, -0.2) is 0 Å². The van der Waals surface area contributed by atoms with Crippen LogP contribution in [0.3, 0.4) is 0 Å². The van der Waals surface area contributed by atoms with E-state index in [1.165, 1.54) is 0 Å². The Bertz CT molecular complexity index is 934. The highest BCUT2D eigenvalue weighted by molar-refractivity contribution is 7.80. The maximum absolute atomic E-state index is 9.27. The fourth-order valence-corrected chi connectivity index (χ4v) is 3.23. The van der Waals surface area contributed by atoms with Gasteiger partial charge in [-0.2, -0.15) is 5.26 Å². The fraction of sp³-hybridized carbons (Fsp3) is 0.238. The fourth-order valence-electron chi connectivity index (χ4n) is 2.66. The third-order valence-corrected chi connectivity index (χ3v) is 5.02. The zero-order chi connectivity index (χ0) is 20.7. The summed E-state index contributed by atoms with van der Waals surface area (Å²) >= 11 is 17.1. The van der Waals surface area contributed by atoms with E-state index in [4.69, 9.17) is 45.9 Å². The lowest BCUT2D eigenvalue weighted by Gasteiger charge is -2.22. The molecule has 4 nitrogen and oxygen atoms in total. The predicted octanol–water partition coefficient (Wildman–Crippen LogP) is 5.61. The lowest BCUT2D eigenvalue weighted by Crippen LogP contribution is -2.21. The van der Waals surface area contributed by atoms with Crippen molar-refractivity contribution in [1.29, 1.82) is 5.26 Å². The molecule has 0 spiro atoms. The normalized spacial score (nSPS) is 11.0. The van der Waals surface area contributed by atoms with Crippen LogP contribution >= 0.6 is 35.4 Å². The molecule has 0 saturated heterocycles. The van der Waals surface area contributed by atoms with Gasteiger partial charge >= 0.3 is 0 Å². The quantitative estimate of drug-likeness (QED) is 0.332. The molecule has 2 aromatic rings. The van der Waals surface area contributed by atoms with E-state index in [1.807, 2.05) is 30.3 Å². The van der Waals surface area contributed by atoms with E-state index in [2.05, 4.69) is 18.7 Å². The summed E-state index contributed by atoms with van der Waals surface area (Å²) in [7, 11) is 0. The molecule has 7 heteroatoms. The van der Waals surface area contributed by atoms with E-state index in [1.54, 1.807) is 18.2 Å². The van der Waals surface area contributed by atoms with Gasteiger partial charge in [0.05, 0.1) is 5.57 Å². The lowest BCUT2D eigenvalue weighted by molar-refractivity contribution is 0.305. The molecular formula is C21H21Cl2N3OS. The SMILES string of the molecule is CCN(CC)c1ccc(C=C(C#N)C(N)=S)c(OCc2ccc(Cl)cc2Cl)c1. The minimum atomic E-state index is 0.0435. The van der Waals surface area contributed by atoms with Crippen molar-refractivity contribution in [3.05, 3.63) is 63.1 Å². The van der Waals surface area contributed by atoms with Crippen LogP contribution in [-0.2, 0) is 6.61 Å². The Balaban J connectivity index is 2.42. The number of ether oxygens (including phenoxy) is 1. The Hall–Kier alpha value is -2.26. The van der Waals surface area contributed by atoms with Crippen molar-refractivity contribution in [3.8, 4) is 11.8 Å². The van der Waals surface area contributed by atoms with Gasteiger partial charge in [0, 0.05) is 46.0 Å². The third kappa shape index (κ3) is 5.62. The molecule has 0 aliphatic carbocycles. The number of nitrogens with zero attached hydrogens (tertiary/aromatic N) is 2. The van der Waals surface area contributed by atoms with Crippen LogP contribution in [0.1, 0.15) is 25.0 Å². The average Bonchev–Trinajstić information content (AvgIpc) is 2.67. The van der Waals surface area contributed by atoms with E-state index in [0.29, 0.717) is 21.4 Å². The number of benzene rings is 2. The minimum absolute atomic E-state index is 0.0435. The summed E-state index contributed by atoms with van der Waals surface area (Å²) in [5.41, 5.74) is 8.39. The number of nitriles is 1. The van der Waals surface area contributed by atoms with Gasteiger partial charge in [0.25, 0.3) is 0 Å². The molecule has 0 atom stereocenters. The van der Waals surface area contributed by atoms with Gasteiger partial charge in [-0.3, -0.25) is 0 Å². The van der Waals surface area contributed by atoms with Crippen molar-refractivity contribution < 1.29 is 4.74 Å². The van der Waals surface area contributed by atoms with Gasteiger partial charge in [0.1, 0.15) is 23.4 Å². The van der Waals surface area contributed by atoms with Crippen molar-refractivity contribution in [2.24, 2.45) is 5.73 Å². The molecule has 0 bridgehead atoms. The number of anilines is 1. The van der Waals surface area contributed by atoms with E-state index in [9.17, 15) is 5.26 Å². The van der Waals surface area contributed by atoms with Crippen molar-refractivity contribution >= 4 is 52.2 Å². The molecule has 0 aliphatic rings. The van der Waals surface area contributed by atoms with Gasteiger partial charge < -0.3 is 15.4 Å². The average molecular weight is 434 g/mol. The molecule has 2 N–H and O–H groups in total. The standard InChI is InChI=1S/C21H21Cl2N3OS/c1-3-26(4-2)18-8-6-14(9-16(12-24)21(25)28)20(11-18)27-13-15-5-7-17(22)10-19(15)23/h5-11H,3-4,13H2,1-2H3,(H2,25,28). The molecule has 0 fully saturated rings. The van der Waals surface area contributed by atoms with Crippen molar-refractivity contribution in [3.63, 3.8) is 0 Å². The van der Waals surface area contributed by atoms with Crippen LogP contribution in [0.2, 0.25) is 10.0 Å². The van der Waals surface area contributed by atoms with Crippen molar-refractivity contribution in [2.75, 3.05) is 18.0 Å². The van der Waals surface area contributed by atoms with E-state index < -0.39 is 0 Å². The van der Waals surface area contributed by atoms with Gasteiger partial charge in [0.2, 0.25) is 0 Å². The first-order valence-electron chi connectivity index (χ1n) is 8.76. The maximum atomic E-state index is 9.27. The second-order valence-electron chi connectivity index (χ2n) is 5.95. The van der Waals surface area contributed by atoms with Gasteiger partial charge in [-0.1, -0.05) is 41.5 Å². The Labute approximate surface area is 181 Å². The highest BCUT2D eigenvalue weighted by Crippen LogP contribution is 2.30. The van der Waals surface area contributed by atoms with Gasteiger partial charge in [-0.15, -0.1) is 0 Å². The Morgan fingerprint density at radius 3 is 2.50 bits per heavy atom. The van der Waals surface area contributed by atoms with E-state index in [0.717, 1.165) is 24.3 Å². The molecule has 0 heterocycles. The zero-order valence-corrected chi connectivity index (χ0v) is 18.0. The van der Waals surface area contributed by atoms with Crippen LogP contribution in [-0.4, -0.2) is 18.1 Å². The van der Waals surface area contributed by atoms with Gasteiger partial charge in [-0.05, 0) is 44.2 Å². The number of rotatable bonds is 8. The molecule has 0 aliphatic heterocycles. The Kier molecular flexibility index (Phi) is 8.13. The summed E-state index contributed by atoms with van der Waals surface area (Å²) in [4.78, 5) is 2.25. The first-order chi connectivity index (χ1) is 13.4. The molecule has 2 rings (SSSR count). The molecule has 28 heavy (non-hydrogen) atoms. The molecule has 0 aromatic heterocycles. The van der Waals surface area contributed by atoms with Crippen LogP contribution in [0.5, 0.6) is 5.75 Å². The summed E-state index contributed by atoms with van der Waals surface area (Å²) in [5.74, 6) is 0.611. The van der Waals surface area contributed by atoms with Gasteiger partial charge in [0.15, 0.2) is 0 Å². The van der Waals surface area contributed by atoms with Crippen molar-refractivity contribution in [1.82, 2.24) is 0 Å². The number of thiocarbonyl (C=S) groups is 1. The number of nitrogens with two attached hydrogens (primary N) is 1. The second-order valence-corrected chi connectivity index (χ2v) is 7.24. The van der Waals surface area contributed by atoms with Crippen LogP contribution in [0.4, 0.5) is 5.69 Å². The third-order valence-electron chi connectivity index (χ3n) is 4.21.